The van der Waals surface area contributed by atoms with Crippen LogP contribution in [0.5, 0.6) is 0 Å². The van der Waals surface area contributed by atoms with Crippen LogP contribution in [-0.4, -0.2) is 52.6 Å². The Labute approximate surface area is 171 Å². The number of ether oxygens (including phenoxy) is 1. The third-order valence-corrected chi connectivity index (χ3v) is 4.91. The van der Waals surface area contributed by atoms with Gasteiger partial charge in [-0.1, -0.05) is 42.5 Å². The van der Waals surface area contributed by atoms with Crippen molar-refractivity contribution in [3.05, 3.63) is 71.3 Å². The number of carboxylic acid groups (broad SMARTS) is 1. The first-order valence-corrected chi connectivity index (χ1v) is 9.32. The lowest BCUT2D eigenvalue weighted by Gasteiger charge is -2.38. The van der Waals surface area contributed by atoms with Crippen LogP contribution in [0.3, 0.4) is 0 Å². The van der Waals surface area contributed by atoms with Crippen LogP contribution in [0.4, 0.5) is 18.0 Å². The third kappa shape index (κ3) is 5.50. The summed E-state index contributed by atoms with van der Waals surface area (Å²) >= 11 is 0. The first-order valence-electron chi connectivity index (χ1n) is 9.32. The number of amides is 1. The highest BCUT2D eigenvalue weighted by Crippen LogP contribution is 2.29. The maximum Gasteiger partial charge on any atom is 0.416 e. The fourth-order valence-electron chi connectivity index (χ4n) is 3.25. The van der Waals surface area contributed by atoms with Crippen molar-refractivity contribution >= 4 is 12.1 Å². The molecule has 2 aromatic carbocycles. The molecule has 1 aliphatic heterocycles. The van der Waals surface area contributed by atoms with Gasteiger partial charge in [0.1, 0.15) is 12.6 Å². The molecule has 1 heterocycles. The molecule has 1 N–H and O–H groups in total. The molecule has 0 radical (unpaired) electrons. The van der Waals surface area contributed by atoms with Gasteiger partial charge in [0.15, 0.2) is 0 Å². The van der Waals surface area contributed by atoms with Gasteiger partial charge in [-0.15, -0.1) is 0 Å². The quantitative estimate of drug-likeness (QED) is 0.797. The number of piperazine rings is 1. The molecule has 0 aliphatic carbocycles. The second-order valence-electron chi connectivity index (χ2n) is 7.01. The molecule has 6 nitrogen and oxygen atoms in total. The Morgan fingerprint density at radius 2 is 1.67 bits per heavy atom. The van der Waals surface area contributed by atoms with Gasteiger partial charge in [0.05, 0.1) is 12.1 Å². The van der Waals surface area contributed by atoms with Crippen LogP contribution >= 0.6 is 0 Å². The molecule has 2 aromatic rings. The van der Waals surface area contributed by atoms with E-state index in [2.05, 4.69) is 0 Å². The zero-order valence-corrected chi connectivity index (χ0v) is 16.0. The highest BCUT2D eigenvalue weighted by Gasteiger charge is 2.35. The van der Waals surface area contributed by atoms with Gasteiger partial charge >= 0.3 is 18.2 Å². The zero-order valence-electron chi connectivity index (χ0n) is 16.0. The average Bonchev–Trinajstić information content (AvgIpc) is 2.72. The van der Waals surface area contributed by atoms with Crippen molar-refractivity contribution in [2.75, 3.05) is 19.6 Å². The fraction of sp³-hybridized carbons (Fsp3) is 0.333. The van der Waals surface area contributed by atoms with E-state index >= 15 is 0 Å². The van der Waals surface area contributed by atoms with E-state index in [-0.39, 0.29) is 32.8 Å². The molecule has 0 saturated carbocycles. The van der Waals surface area contributed by atoms with Crippen molar-refractivity contribution in [3.8, 4) is 0 Å². The van der Waals surface area contributed by atoms with Gasteiger partial charge in [0.25, 0.3) is 0 Å². The third-order valence-electron chi connectivity index (χ3n) is 4.91. The number of rotatable bonds is 5. The van der Waals surface area contributed by atoms with Gasteiger partial charge in [0, 0.05) is 19.6 Å². The smallest absolute Gasteiger partial charge is 0.416 e. The summed E-state index contributed by atoms with van der Waals surface area (Å²) in [6, 6.07) is 12.8. The number of carbonyl (C=O) groups is 2. The Balaban J connectivity index is 1.59. The molecule has 1 amide bonds. The van der Waals surface area contributed by atoms with E-state index in [1.54, 1.807) is 4.90 Å². The molecular formula is C21H21F3N2O4. The van der Waals surface area contributed by atoms with E-state index < -0.39 is 29.8 Å². The summed E-state index contributed by atoms with van der Waals surface area (Å²) in [4.78, 5) is 27.0. The molecule has 0 spiro atoms. The van der Waals surface area contributed by atoms with Crippen LogP contribution in [0.2, 0.25) is 0 Å². The first kappa shape index (κ1) is 21.6. The summed E-state index contributed by atoms with van der Waals surface area (Å²) in [6.45, 7) is 0.714. The molecule has 1 atom stereocenters. The van der Waals surface area contributed by atoms with Crippen LogP contribution in [-0.2, 0) is 28.9 Å². The second kappa shape index (κ2) is 9.17. The number of hydrogen-bond donors (Lipinski definition) is 1. The summed E-state index contributed by atoms with van der Waals surface area (Å²) in [5, 5.41) is 9.58. The monoisotopic (exact) mass is 422 g/mol. The maximum absolute atomic E-state index is 12.7. The predicted molar refractivity (Wildman–Crippen MR) is 101 cm³/mol. The summed E-state index contributed by atoms with van der Waals surface area (Å²) in [7, 11) is 0. The summed E-state index contributed by atoms with van der Waals surface area (Å²) in [6.07, 6.45) is -5.02. The molecule has 9 heteroatoms. The van der Waals surface area contributed by atoms with E-state index in [4.69, 9.17) is 4.74 Å². The van der Waals surface area contributed by atoms with Crippen LogP contribution in [0.1, 0.15) is 16.7 Å². The SMILES string of the molecule is O=C(O)C1CN(C(=O)OCc2ccccc2)CCN1Cc1ccc(C(F)(F)F)cc1. The predicted octanol–water partition coefficient (Wildman–Crippen LogP) is 3.61. The molecule has 30 heavy (non-hydrogen) atoms. The number of nitrogens with zero attached hydrogens (tertiary/aromatic N) is 2. The molecular weight excluding hydrogens is 401 g/mol. The van der Waals surface area contributed by atoms with E-state index in [0.29, 0.717) is 5.56 Å². The lowest BCUT2D eigenvalue weighted by Crippen LogP contribution is -2.57. The number of halogens is 3. The molecule has 1 saturated heterocycles. The van der Waals surface area contributed by atoms with Crippen LogP contribution in [0.25, 0.3) is 0 Å². The largest absolute Gasteiger partial charge is 0.480 e. The standard InChI is InChI=1S/C21H21F3N2O4/c22-21(23,24)17-8-6-15(7-9-17)12-25-10-11-26(13-18(25)19(27)28)20(29)30-14-16-4-2-1-3-5-16/h1-9,18H,10-14H2,(H,27,28). The van der Waals surface area contributed by atoms with Crippen molar-refractivity contribution in [1.82, 2.24) is 9.80 Å². The molecule has 1 unspecified atom stereocenters. The lowest BCUT2D eigenvalue weighted by atomic mass is 10.1. The maximum atomic E-state index is 12.7. The van der Waals surface area contributed by atoms with Gasteiger partial charge in [-0.3, -0.25) is 9.69 Å². The Hall–Kier alpha value is -3.07. The summed E-state index contributed by atoms with van der Waals surface area (Å²) < 4.78 is 43.4. The van der Waals surface area contributed by atoms with Crippen molar-refractivity contribution in [1.29, 1.82) is 0 Å². The number of hydrogen-bond acceptors (Lipinski definition) is 4. The van der Waals surface area contributed by atoms with E-state index in [1.165, 1.54) is 17.0 Å². The highest BCUT2D eigenvalue weighted by molar-refractivity contribution is 5.76. The molecule has 0 bridgehead atoms. The van der Waals surface area contributed by atoms with Gasteiger partial charge in [0.2, 0.25) is 0 Å². The van der Waals surface area contributed by atoms with Crippen molar-refractivity contribution < 1.29 is 32.6 Å². The minimum absolute atomic E-state index is 0.0659. The number of aliphatic carboxylic acids is 1. The van der Waals surface area contributed by atoms with Crippen molar-refractivity contribution in [2.45, 2.75) is 25.4 Å². The molecule has 0 aromatic heterocycles. The van der Waals surface area contributed by atoms with E-state index in [1.807, 2.05) is 30.3 Å². The van der Waals surface area contributed by atoms with Crippen molar-refractivity contribution in [2.24, 2.45) is 0 Å². The normalized spacial score (nSPS) is 17.6. The van der Waals surface area contributed by atoms with Crippen molar-refractivity contribution in [3.63, 3.8) is 0 Å². The first-order chi connectivity index (χ1) is 14.2. The minimum atomic E-state index is -4.42. The number of alkyl halides is 3. The second-order valence-corrected chi connectivity index (χ2v) is 7.01. The minimum Gasteiger partial charge on any atom is -0.480 e. The van der Waals surface area contributed by atoms with Gasteiger partial charge in [-0.2, -0.15) is 13.2 Å². The molecule has 1 aliphatic rings. The zero-order chi connectivity index (χ0) is 21.7. The van der Waals surface area contributed by atoms with Crippen LogP contribution in [0.15, 0.2) is 54.6 Å². The highest BCUT2D eigenvalue weighted by atomic mass is 19.4. The van der Waals surface area contributed by atoms with E-state index in [0.717, 1.165) is 17.7 Å². The molecule has 1 fully saturated rings. The average molecular weight is 422 g/mol. The number of benzene rings is 2. The summed E-state index contributed by atoms with van der Waals surface area (Å²) in [5.74, 6) is -1.11. The Morgan fingerprint density at radius 3 is 2.27 bits per heavy atom. The Morgan fingerprint density at radius 1 is 1.00 bits per heavy atom. The fourth-order valence-corrected chi connectivity index (χ4v) is 3.25. The molecule has 3 rings (SSSR count). The molecule has 160 valence electrons. The lowest BCUT2D eigenvalue weighted by molar-refractivity contribution is -0.145. The van der Waals surface area contributed by atoms with Crippen LogP contribution < -0.4 is 0 Å². The topological polar surface area (TPSA) is 70.1 Å². The Bertz CT molecular complexity index is 872. The number of carboxylic acids is 1. The van der Waals surface area contributed by atoms with Gasteiger partial charge in [-0.25, -0.2) is 4.79 Å². The van der Waals surface area contributed by atoms with Gasteiger partial charge < -0.3 is 14.7 Å². The Kier molecular flexibility index (Phi) is 6.61. The van der Waals surface area contributed by atoms with Gasteiger partial charge in [-0.05, 0) is 23.3 Å². The van der Waals surface area contributed by atoms with Crippen LogP contribution in [0, 0.1) is 0 Å². The number of carbonyl (C=O) groups excluding carboxylic acids is 1. The van der Waals surface area contributed by atoms with E-state index in [9.17, 15) is 27.9 Å². The summed E-state index contributed by atoms with van der Waals surface area (Å²) in [5.41, 5.74) is 0.628.